The molecule has 0 saturated heterocycles. The van der Waals surface area contributed by atoms with E-state index in [0.29, 0.717) is 32.8 Å². The quantitative estimate of drug-likeness (QED) is 0.139. The van der Waals surface area contributed by atoms with Crippen LogP contribution in [0, 0.1) is 0 Å². The van der Waals surface area contributed by atoms with Gasteiger partial charge in [0, 0.05) is 34.7 Å². The fourth-order valence-corrected chi connectivity index (χ4v) is 5.79. The molecule has 41 heavy (non-hydrogen) atoms. The molecule has 0 aliphatic heterocycles. The number of benzene rings is 3. The summed E-state index contributed by atoms with van der Waals surface area (Å²) in [7, 11) is 1.48. The molecule has 214 valence electrons. The Hall–Kier alpha value is -3.28. The van der Waals surface area contributed by atoms with Gasteiger partial charge in [-0.3, -0.25) is 13.2 Å². The Balaban J connectivity index is 1.54. The summed E-state index contributed by atoms with van der Waals surface area (Å²) < 4.78 is 36.4. The number of aromatic nitrogens is 1. The number of carbonyl (C=O) groups is 1. The third-order valence-corrected chi connectivity index (χ3v) is 8.00. The predicted molar refractivity (Wildman–Crippen MR) is 163 cm³/mol. The third-order valence-electron chi connectivity index (χ3n) is 6.04. The summed E-state index contributed by atoms with van der Waals surface area (Å²) in [4.78, 5) is 12.8. The highest BCUT2D eigenvalue weighted by molar-refractivity contribution is 7.97. The maximum Gasteiger partial charge on any atom is 0.338 e. The van der Waals surface area contributed by atoms with E-state index in [1.54, 1.807) is 24.3 Å². The summed E-state index contributed by atoms with van der Waals surface area (Å²) >= 11 is 11.3. The summed E-state index contributed by atoms with van der Waals surface area (Å²) in [5.41, 5.74) is 4.52. The van der Waals surface area contributed by atoms with Crippen molar-refractivity contribution in [3.8, 4) is 28.1 Å². The van der Waals surface area contributed by atoms with Crippen molar-refractivity contribution >= 4 is 58.5 Å². The van der Waals surface area contributed by atoms with Crippen molar-refractivity contribution in [1.82, 2.24) is 14.2 Å². The van der Waals surface area contributed by atoms with E-state index in [0.717, 1.165) is 39.1 Å². The zero-order chi connectivity index (χ0) is 29.7. The summed E-state index contributed by atoms with van der Waals surface area (Å²) in [6.45, 7) is 8.04. The van der Waals surface area contributed by atoms with Gasteiger partial charge in [0.25, 0.3) is 0 Å². The van der Waals surface area contributed by atoms with E-state index in [2.05, 4.69) is 11.7 Å². The van der Waals surface area contributed by atoms with Crippen LogP contribution in [0.5, 0.6) is 5.75 Å². The predicted octanol–water partition coefficient (Wildman–Crippen LogP) is 8.10. The highest BCUT2D eigenvalue weighted by Gasteiger charge is 2.24. The van der Waals surface area contributed by atoms with E-state index in [4.69, 9.17) is 32.5 Å². The molecule has 1 heterocycles. The van der Waals surface area contributed by atoms with Crippen molar-refractivity contribution in [3.05, 3.63) is 94.2 Å². The second kappa shape index (κ2) is 13.6. The Morgan fingerprint density at radius 3 is 2.44 bits per heavy atom. The fraction of sp³-hybridized carbons (Fsp3) is 0.172. The van der Waals surface area contributed by atoms with Crippen LogP contribution >= 0.6 is 35.1 Å². The average molecular weight is 632 g/mol. The first kappa shape index (κ1) is 30.7. The standard InChI is InChI=1S/C29H27Cl2N3O5S2/c1-5-18-9-10-20(15-25(18)40-34(4)29(35)33-41(36)37)19-11-13-21(14-12-19)38-16-22-27(32-39-28(22)17(2)3)26-23(30)7-6-8-24(26)31/h5-15,17H,1,16H2,2-4H3,(H,33,35)(H,36,37)/p-1. The van der Waals surface area contributed by atoms with E-state index >= 15 is 0 Å². The molecule has 0 radical (unpaired) electrons. The molecule has 0 fully saturated rings. The van der Waals surface area contributed by atoms with Gasteiger partial charge in [0.2, 0.25) is 0 Å². The van der Waals surface area contributed by atoms with Crippen molar-refractivity contribution in [2.45, 2.75) is 31.3 Å². The lowest BCUT2D eigenvalue weighted by atomic mass is 10.0. The van der Waals surface area contributed by atoms with Gasteiger partial charge in [-0.1, -0.05) is 85.2 Å². The largest absolute Gasteiger partial charge is 0.755 e. The highest BCUT2D eigenvalue weighted by Crippen LogP contribution is 2.39. The number of hydrogen-bond donors (Lipinski definition) is 1. The molecule has 0 saturated carbocycles. The van der Waals surface area contributed by atoms with Crippen molar-refractivity contribution in [3.63, 3.8) is 0 Å². The summed E-state index contributed by atoms with van der Waals surface area (Å²) in [5, 5.41) is 5.21. The smallest absolute Gasteiger partial charge is 0.338 e. The fourth-order valence-electron chi connectivity index (χ4n) is 4.02. The minimum absolute atomic E-state index is 0.0664. The van der Waals surface area contributed by atoms with Crippen molar-refractivity contribution in [2.75, 3.05) is 7.05 Å². The molecule has 8 nitrogen and oxygen atoms in total. The van der Waals surface area contributed by atoms with Gasteiger partial charge in [-0.2, -0.15) is 0 Å². The summed E-state index contributed by atoms with van der Waals surface area (Å²) in [6.07, 6.45) is 1.67. The second-order valence-electron chi connectivity index (χ2n) is 9.13. The number of halogens is 2. The summed E-state index contributed by atoms with van der Waals surface area (Å²) in [5.74, 6) is 1.40. The molecule has 4 rings (SSSR count). The SMILES string of the molecule is C=Cc1ccc(-c2ccc(OCc3c(-c4c(Cl)cccc4Cl)noc3C(C)C)cc2)cc1SN(C)C(=O)NS(=O)[O-]. The highest BCUT2D eigenvalue weighted by atomic mass is 35.5. The van der Waals surface area contributed by atoms with Crippen LogP contribution in [0.4, 0.5) is 4.79 Å². The number of amides is 2. The molecule has 0 bridgehead atoms. The molecule has 1 atom stereocenters. The van der Waals surface area contributed by atoms with Crippen molar-refractivity contribution in [1.29, 1.82) is 0 Å². The van der Waals surface area contributed by atoms with E-state index in [-0.39, 0.29) is 12.5 Å². The first-order chi connectivity index (χ1) is 19.6. The molecule has 0 aliphatic rings. The molecule has 3 aromatic carbocycles. The van der Waals surface area contributed by atoms with Gasteiger partial charge in [-0.25, -0.2) is 4.79 Å². The number of carbonyl (C=O) groups excluding carboxylic acids is 1. The van der Waals surface area contributed by atoms with Crippen LogP contribution in [0.15, 0.2) is 76.7 Å². The molecule has 0 spiro atoms. The maximum atomic E-state index is 12.0. The lowest BCUT2D eigenvalue weighted by Gasteiger charge is -2.19. The van der Waals surface area contributed by atoms with Gasteiger partial charge in [-0.05, 0) is 59.0 Å². The Bertz CT molecular complexity index is 1570. The van der Waals surface area contributed by atoms with E-state index in [9.17, 15) is 13.6 Å². The number of nitrogens with one attached hydrogen (secondary N) is 1. The van der Waals surface area contributed by atoms with Gasteiger partial charge in [0.05, 0.1) is 15.6 Å². The van der Waals surface area contributed by atoms with Gasteiger partial charge in [-0.15, -0.1) is 0 Å². The monoisotopic (exact) mass is 630 g/mol. The van der Waals surface area contributed by atoms with Gasteiger partial charge < -0.3 is 13.8 Å². The molecule has 12 heteroatoms. The minimum Gasteiger partial charge on any atom is -0.755 e. The van der Waals surface area contributed by atoms with Crippen LogP contribution in [0.3, 0.4) is 0 Å². The Morgan fingerprint density at radius 1 is 1.17 bits per heavy atom. The number of hydrogen-bond acceptors (Lipinski definition) is 7. The number of nitrogens with zero attached hydrogens (tertiary/aromatic N) is 2. The van der Waals surface area contributed by atoms with Crippen molar-refractivity contribution < 1.29 is 22.8 Å². The number of ether oxygens (including phenoxy) is 1. The zero-order valence-electron chi connectivity index (χ0n) is 22.4. The van der Waals surface area contributed by atoms with Crippen LogP contribution in [-0.2, 0) is 17.9 Å². The van der Waals surface area contributed by atoms with E-state index in [1.165, 1.54) is 11.4 Å². The zero-order valence-corrected chi connectivity index (χ0v) is 25.5. The molecular formula is C29H26Cl2N3O5S2-. The average Bonchev–Trinajstić information content (AvgIpc) is 3.35. The topological polar surface area (TPSA) is 108 Å². The Kier molecular flexibility index (Phi) is 10.2. The van der Waals surface area contributed by atoms with Gasteiger partial charge >= 0.3 is 6.03 Å². The lowest BCUT2D eigenvalue weighted by Crippen LogP contribution is -2.34. The first-order valence-electron chi connectivity index (χ1n) is 12.3. The van der Waals surface area contributed by atoms with Crippen LogP contribution < -0.4 is 9.46 Å². The molecule has 1 unspecified atom stereocenters. The maximum absolute atomic E-state index is 12.0. The van der Waals surface area contributed by atoms with Crippen LogP contribution in [0.1, 0.15) is 36.7 Å². The molecular weight excluding hydrogens is 605 g/mol. The number of rotatable bonds is 10. The Morgan fingerprint density at radius 2 is 1.83 bits per heavy atom. The lowest BCUT2D eigenvalue weighted by molar-refractivity contribution is 0.235. The first-order valence-corrected chi connectivity index (χ1v) is 14.9. The van der Waals surface area contributed by atoms with Gasteiger partial charge in [0.15, 0.2) is 0 Å². The molecule has 1 aromatic heterocycles. The molecule has 0 aliphatic carbocycles. The molecule has 4 aromatic rings. The molecule has 1 N–H and O–H groups in total. The van der Waals surface area contributed by atoms with Crippen molar-refractivity contribution in [2.24, 2.45) is 0 Å². The second-order valence-corrected chi connectivity index (χ2v) is 11.8. The number of urea groups is 1. The van der Waals surface area contributed by atoms with Crippen LogP contribution in [0.2, 0.25) is 10.0 Å². The van der Waals surface area contributed by atoms with Crippen LogP contribution in [-0.4, -0.2) is 31.3 Å². The van der Waals surface area contributed by atoms with E-state index in [1.807, 2.05) is 61.0 Å². The Labute approximate surface area is 255 Å². The summed E-state index contributed by atoms with van der Waals surface area (Å²) in [6, 6.07) is 17.8. The van der Waals surface area contributed by atoms with E-state index < -0.39 is 17.3 Å². The minimum atomic E-state index is -2.70. The molecule has 2 amide bonds. The third kappa shape index (κ3) is 7.33. The van der Waals surface area contributed by atoms with Gasteiger partial charge in [0.1, 0.15) is 23.8 Å². The normalized spacial score (nSPS) is 11.8. The van der Waals surface area contributed by atoms with Crippen LogP contribution in [0.25, 0.3) is 28.5 Å².